The van der Waals surface area contributed by atoms with Crippen LogP contribution in [0.25, 0.3) is 0 Å². The smallest absolute Gasteiger partial charge is 0.254 e. The van der Waals surface area contributed by atoms with Crippen LogP contribution < -0.4 is 4.74 Å². The predicted octanol–water partition coefficient (Wildman–Crippen LogP) is 4.07. The van der Waals surface area contributed by atoms with E-state index in [1.807, 2.05) is 44.4 Å². The SMILES string of the molecule is C=C(C)CN(CC)C(=O)c1cccc(OCc2csc(C)n2)c1. The molecule has 122 valence electrons. The summed E-state index contributed by atoms with van der Waals surface area (Å²) in [5, 5.41) is 3.00. The third-order valence-corrected chi connectivity index (χ3v) is 4.09. The molecule has 0 atom stereocenters. The molecule has 1 amide bonds. The lowest BCUT2D eigenvalue weighted by atomic mass is 10.1. The fourth-order valence-corrected chi connectivity index (χ4v) is 2.78. The lowest BCUT2D eigenvalue weighted by Crippen LogP contribution is -2.32. The van der Waals surface area contributed by atoms with Crippen molar-refractivity contribution in [1.29, 1.82) is 0 Å². The standard InChI is InChI=1S/C18H22N2O2S/c1-5-20(10-13(2)3)18(21)15-7-6-8-17(9-15)22-11-16-12-23-14(4)19-16/h6-9,12H,2,5,10-11H2,1,3-4H3. The van der Waals surface area contributed by atoms with E-state index in [0.29, 0.717) is 31.0 Å². The van der Waals surface area contributed by atoms with Gasteiger partial charge in [0.15, 0.2) is 0 Å². The summed E-state index contributed by atoms with van der Waals surface area (Å²) in [6, 6.07) is 7.28. The van der Waals surface area contributed by atoms with Crippen LogP contribution in [0.15, 0.2) is 41.8 Å². The number of nitrogens with zero attached hydrogens (tertiary/aromatic N) is 2. The summed E-state index contributed by atoms with van der Waals surface area (Å²) in [6.07, 6.45) is 0. The number of thiazole rings is 1. The maximum absolute atomic E-state index is 12.6. The summed E-state index contributed by atoms with van der Waals surface area (Å²) in [5.41, 5.74) is 2.49. The minimum atomic E-state index is -0.00884. The molecule has 0 fully saturated rings. The summed E-state index contributed by atoms with van der Waals surface area (Å²) in [5.74, 6) is 0.665. The fourth-order valence-electron chi connectivity index (χ4n) is 2.19. The minimum absolute atomic E-state index is 0.00884. The minimum Gasteiger partial charge on any atom is -0.487 e. The molecule has 0 aliphatic heterocycles. The van der Waals surface area contributed by atoms with Crippen molar-refractivity contribution in [2.24, 2.45) is 0 Å². The van der Waals surface area contributed by atoms with E-state index in [1.54, 1.807) is 22.3 Å². The zero-order valence-corrected chi connectivity index (χ0v) is 14.7. The Morgan fingerprint density at radius 1 is 1.43 bits per heavy atom. The molecule has 5 heteroatoms. The van der Waals surface area contributed by atoms with Crippen LogP contribution in [0.4, 0.5) is 0 Å². The van der Waals surface area contributed by atoms with E-state index in [1.165, 1.54) is 0 Å². The monoisotopic (exact) mass is 330 g/mol. The Morgan fingerprint density at radius 3 is 2.83 bits per heavy atom. The van der Waals surface area contributed by atoms with Crippen LogP contribution in [0, 0.1) is 6.92 Å². The molecule has 0 unspecified atom stereocenters. The first-order valence-electron chi connectivity index (χ1n) is 7.57. The van der Waals surface area contributed by atoms with E-state index in [2.05, 4.69) is 11.6 Å². The van der Waals surface area contributed by atoms with Crippen LogP contribution in [0.2, 0.25) is 0 Å². The van der Waals surface area contributed by atoms with Crippen molar-refractivity contribution >= 4 is 17.2 Å². The number of likely N-dealkylation sites (N-methyl/N-ethyl adjacent to an activating group) is 1. The number of aromatic nitrogens is 1. The highest BCUT2D eigenvalue weighted by Crippen LogP contribution is 2.18. The van der Waals surface area contributed by atoms with E-state index < -0.39 is 0 Å². The molecular formula is C18H22N2O2S. The van der Waals surface area contributed by atoms with Crippen molar-refractivity contribution in [2.75, 3.05) is 13.1 Å². The number of hydrogen-bond acceptors (Lipinski definition) is 4. The molecular weight excluding hydrogens is 308 g/mol. The Kier molecular flexibility index (Phi) is 5.93. The van der Waals surface area contributed by atoms with Crippen LogP contribution in [-0.2, 0) is 6.61 Å². The number of hydrogen-bond donors (Lipinski definition) is 0. The first-order valence-corrected chi connectivity index (χ1v) is 8.45. The largest absolute Gasteiger partial charge is 0.487 e. The van der Waals surface area contributed by atoms with Gasteiger partial charge in [-0.05, 0) is 39.0 Å². The van der Waals surface area contributed by atoms with Gasteiger partial charge in [-0.2, -0.15) is 0 Å². The number of carbonyl (C=O) groups excluding carboxylic acids is 1. The van der Waals surface area contributed by atoms with Gasteiger partial charge in [0.1, 0.15) is 12.4 Å². The second-order valence-electron chi connectivity index (χ2n) is 5.45. The Bertz CT molecular complexity index is 694. The Morgan fingerprint density at radius 2 is 2.22 bits per heavy atom. The van der Waals surface area contributed by atoms with Gasteiger partial charge < -0.3 is 9.64 Å². The number of rotatable bonds is 7. The number of aryl methyl sites for hydroxylation is 1. The Hall–Kier alpha value is -2.14. The second-order valence-corrected chi connectivity index (χ2v) is 6.51. The van der Waals surface area contributed by atoms with Gasteiger partial charge in [-0.3, -0.25) is 4.79 Å². The first-order chi connectivity index (χ1) is 11.0. The zero-order valence-electron chi connectivity index (χ0n) is 13.8. The molecule has 1 heterocycles. The van der Waals surface area contributed by atoms with Gasteiger partial charge >= 0.3 is 0 Å². The molecule has 0 saturated heterocycles. The summed E-state index contributed by atoms with van der Waals surface area (Å²) >= 11 is 1.60. The molecule has 0 spiro atoms. The summed E-state index contributed by atoms with van der Waals surface area (Å²) in [4.78, 5) is 18.7. The summed E-state index contributed by atoms with van der Waals surface area (Å²) in [6.45, 7) is 11.4. The number of benzene rings is 1. The first kappa shape index (κ1) is 17.2. The summed E-state index contributed by atoms with van der Waals surface area (Å²) < 4.78 is 5.75. The van der Waals surface area contributed by atoms with Crippen LogP contribution in [0.5, 0.6) is 5.75 Å². The zero-order chi connectivity index (χ0) is 16.8. The second kappa shape index (κ2) is 7.92. The lowest BCUT2D eigenvalue weighted by Gasteiger charge is -2.21. The molecule has 0 radical (unpaired) electrons. The average molecular weight is 330 g/mol. The lowest BCUT2D eigenvalue weighted by molar-refractivity contribution is 0.0778. The van der Waals surface area contributed by atoms with E-state index in [0.717, 1.165) is 16.3 Å². The molecule has 0 aliphatic rings. The summed E-state index contributed by atoms with van der Waals surface area (Å²) in [7, 11) is 0. The van der Waals surface area contributed by atoms with Gasteiger partial charge in [-0.1, -0.05) is 18.2 Å². The van der Waals surface area contributed by atoms with E-state index in [-0.39, 0.29) is 5.91 Å². The van der Waals surface area contributed by atoms with E-state index in [9.17, 15) is 4.79 Å². The molecule has 4 nitrogen and oxygen atoms in total. The molecule has 1 aromatic heterocycles. The van der Waals surface area contributed by atoms with Gasteiger partial charge in [0.2, 0.25) is 0 Å². The third-order valence-electron chi connectivity index (χ3n) is 3.26. The van der Waals surface area contributed by atoms with Gasteiger partial charge in [-0.25, -0.2) is 4.98 Å². The van der Waals surface area contributed by atoms with Crippen molar-refractivity contribution in [3.8, 4) is 5.75 Å². The molecule has 1 aromatic carbocycles. The molecule has 0 saturated carbocycles. The highest BCUT2D eigenvalue weighted by Gasteiger charge is 2.14. The quantitative estimate of drug-likeness (QED) is 0.719. The predicted molar refractivity (Wildman–Crippen MR) is 94.0 cm³/mol. The number of carbonyl (C=O) groups is 1. The Balaban J connectivity index is 2.06. The topological polar surface area (TPSA) is 42.4 Å². The highest BCUT2D eigenvalue weighted by molar-refractivity contribution is 7.09. The van der Waals surface area contributed by atoms with Crippen LogP contribution >= 0.6 is 11.3 Å². The molecule has 0 N–H and O–H groups in total. The van der Waals surface area contributed by atoms with Crippen molar-refractivity contribution in [2.45, 2.75) is 27.4 Å². The van der Waals surface area contributed by atoms with Crippen molar-refractivity contribution < 1.29 is 9.53 Å². The normalized spacial score (nSPS) is 10.4. The van der Waals surface area contributed by atoms with Gasteiger partial charge in [0.25, 0.3) is 5.91 Å². The Labute approximate surface area is 141 Å². The molecule has 23 heavy (non-hydrogen) atoms. The molecule has 0 bridgehead atoms. The fraction of sp³-hybridized carbons (Fsp3) is 0.333. The van der Waals surface area contributed by atoms with Crippen molar-refractivity contribution in [3.05, 3.63) is 58.1 Å². The van der Waals surface area contributed by atoms with Crippen LogP contribution in [0.3, 0.4) is 0 Å². The number of amides is 1. The highest BCUT2D eigenvalue weighted by atomic mass is 32.1. The van der Waals surface area contributed by atoms with E-state index in [4.69, 9.17) is 4.74 Å². The van der Waals surface area contributed by atoms with Gasteiger partial charge in [0.05, 0.1) is 10.7 Å². The maximum atomic E-state index is 12.6. The third kappa shape index (κ3) is 4.93. The van der Waals surface area contributed by atoms with Crippen LogP contribution in [-0.4, -0.2) is 28.9 Å². The van der Waals surface area contributed by atoms with Gasteiger partial charge in [0, 0.05) is 24.0 Å². The van der Waals surface area contributed by atoms with Gasteiger partial charge in [-0.15, -0.1) is 11.3 Å². The van der Waals surface area contributed by atoms with E-state index >= 15 is 0 Å². The molecule has 0 aliphatic carbocycles. The average Bonchev–Trinajstić information content (AvgIpc) is 2.95. The van der Waals surface area contributed by atoms with Crippen molar-refractivity contribution in [3.63, 3.8) is 0 Å². The molecule has 2 rings (SSSR count). The van der Waals surface area contributed by atoms with Crippen molar-refractivity contribution in [1.82, 2.24) is 9.88 Å². The maximum Gasteiger partial charge on any atom is 0.254 e. The molecule has 2 aromatic rings. The number of ether oxygens (including phenoxy) is 1. The van der Waals surface area contributed by atoms with Crippen LogP contribution in [0.1, 0.15) is 34.9 Å².